The zero-order chi connectivity index (χ0) is 13.9. The normalized spacial score (nSPS) is 12.4. The molecule has 1 aromatic carbocycles. The summed E-state index contributed by atoms with van der Waals surface area (Å²) in [7, 11) is 2.01. The molecular weight excluding hydrogens is 234 g/mol. The lowest BCUT2D eigenvalue weighted by Gasteiger charge is -2.18. The Morgan fingerprint density at radius 2 is 1.79 bits per heavy atom. The highest BCUT2D eigenvalue weighted by Gasteiger charge is 2.11. The highest BCUT2D eigenvalue weighted by Crippen LogP contribution is 2.26. The standard InChI is InChI=1S/C17H29NO/c1-4-6-7-8-11-14-19-17-13-10-9-12-15(17)16(5-2)18-3/h9-10,12-13,16,18H,4-8,11,14H2,1-3H3. The summed E-state index contributed by atoms with van der Waals surface area (Å²) in [6.45, 7) is 5.28. The van der Waals surface area contributed by atoms with Crippen LogP contribution in [0.5, 0.6) is 5.75 Å². The molecule has 2 heteroatoms. The van der Waals surface area contributed by atoms with Gasteiger partial charge in [0.2, 0.25) is 0 Å². The molecule has 1 aromatic rings. The van der Waals surface area contributed by atoms with Crippen LogP contribution in [-0.2, 0) is 0 Å². The molecular formula is C17H29NO. The van der Waals surface area contributed by atoms with Crippen LogP contribution in [0.25, 0.3) is 0 Å². The Morgan fingerprint density at radius 1 is 1.05 bits per heavy atom. The molecule has 0 aliphatic heterocycles. The Bertz CT molecular complexity index is 334. The van der Waals surface area contributed by atoms with E-state index in [4.69, 9.17) is 4.74 Å². The Balaban J connectivity index is 2.44. The van der Waals surface area contributed by atoms with Gasteiger partial charge in [0, 0.05) is 11.6 Å². The first kappa shape index (κ1) is 16.0. The number of nitrogens with one attached hydrogen (secondary N) is 1. The zero-order valence-corrected chi connectivity index (χ0v) is 12.7. The predicted octanol–water partition coefficient (Wildman–Crippen LogP) is 4.71. The quantitative estimate of drug-likeness (QED) is 0.617. The van der Waals surface area contributed by atoms with E-state index in [1.165, 1.54) is 31.2 Å². The molecule has 0 amide bonds. The van der Waals surface area contributed by atoms with Gasteiger partial charge < -0.3 is 10.1 Å². The largest absolute Gasteiger partial charge is 0.493 e. The summed E-state index contributed by atoms with van der Waals surface area (Å²) in [6, 6.07) is 8.77. The topological polar surface area (TPSA) is 21.3 Å². The van der Waals surface area contributed by atoms with Gasteiger partial charge in [-0.3, -0.25) is 0 Å². The number of ether oxygens (including phenoxy) is 1. The van der Waals surface area contributed by atoms with Crippen LogP contribution in [0.4, 0.5) is 0 Å². The second-order valence-electron chi connectivity index (χ2n) is 5.05. The second-order valence-corrected chi connectivity index (χ2v) is 5.05. The zero-order valence-electron chi connectivity index (χ0n) is 12.7. The Hall–Kier alpha value is -1.02. The molecule has 108 valence electrons. The molecule has 0 saturated carbocycles. The Kier molecular flexibility index (Phi) is 8.31. The lowest BCUT2D eigenvalue weighted by molar-refractivity contribution is 0.298. The molecule has 19 heavy (non-hydrogen) atoms. The van der Waals surface area contributed by atoms with Gasteiger partial charge in [0.1, 0.15) is 5.75 Å². The van der Waals surface area contributed by atoms with Gasteiger partial charge in [-0.2, -0.15) is 0 Å². The number of rotatable bonds is 10. The van der Waals surface area contributed by atoms with Crippen LogP contribution in [-0.4, -0.2) is 13.7 Å². The van der Waals surface area contributed by atoms with Gasteiger partial charge in [0.25, 0.3) is 0 Å². The van der Waals surface area contributed by atoms with Crippen molar-refractivity contribution < 1.29 is 4.74 Å². The molecule has 1 N–H and O–H groups in total. The second kappa shape index (κ2) is 9.85. The Morgan fingerprint density at radius 3 is 2.47 bits per heavy atom. The maximum Gasteiger partial charge on any atom is 0.124 e. The molecule has 0 fully saturated rings. The first-order valence-corrected chi connectivity index (χ1v) is 7.72. The minimum absolute atomic E-state index is 0.385. The summed E-state index contributed by atoms with van der Waals surface area (Å²) >= 11 is 0. The van der Waals surface area contributed by atoms with Gasteiger partial charge in [-0.05, 0) is 26.0 Å². The molecule has 1 unspecified atom stereocenters. The fourth-order valence-corrected chi connectivity index (χ4v) is 2.37. The van der Waals surface area contributed by atoms with Gasteiger partial charge in [-0.1, -0.05) is 57.7 Å². The molecule has 2 nitrogen and oxygen atoms in total. The van der Waals surface area contributed by atoms with Crippen LogP contribution in [0, 0.1) is 0 Å². The highest BCUT2D eigenvalue weighted by molar-refractivity contribution is 5.35. The maximum absolute atomic E-state index is 5.96. The highest BCUT2D eigenvalue weighted by atomic mass is 16.5. The Labute approximate surface area is 118 Å². The van der Waals surface area contributed by atoms with Crippen LogP contribution < -0.4 is 10.1 Å². The number of unbranched alkanes of at least 4 members (excludes halogenated alkanes) is 4. The van der Waals surface area contributed by atoms with E-state index in [-0.39, 0.29) is 0 Å². The molecule has 0 spiro atoms. The van der Waals surface area contributed by atoms with E-state index in [0.29, 0.717) is 6.04 Å². The monoisotopic (exact) mass is 263 g/mol. The smallest absolute Gasteiger partial charge is 0.124 e. The first-order chi connectivity index (χ1) is 9.33. The predicted molar refractivity (Wildman–Crippen MR) is 82.8 cm³/mol. The van der Waals surface area contributed by atoms with E-state index in [9.17, 15) is 0 Å². The third-order valence-electron chi connectivity index (χ3n) is 3.56. The van der Waals surface area contributed by atoms with E-state index < -0.39 is 0 Å². The fourth-order valence-electron chi connectivity index (χ4n) is 2.37. The van der Waals surface area contributed by atoms with Crippen molar-refractivity contribution >= 4 is 0 Å². The van der Waals surface area contributed by atoms with Gasteiger partial charge in [-0.15, -0.1) is 0 Å². The fraction of sp³-hybridized carbons (Fsp3) is 0.647. The van der Waals surface area contributed by atoms with Crippen LogP contribution in [0.15, 0.2) is 24.3 Å². The van der Waals surface area contributed by atoms with E-state index in [0.717, 1.165) is 25.2 Å². The number of para-hydroxylation sites is 1. The average molecular weight is 263 g/mol. The summed E-state index contributed by atoms with van der Waals surface area (Å²) in [5.41, 5.74) is 1.28. The third kappa shape index (κ3) is 5.65. The molecule has 0 radical (unpaired) electrons. The van der Waals surface area contributed by atoms with E-state index >= 15 is 0 Å². The van der Waals surface area contributed by atoms with Crippen molar-refractivity contribution in [2.24, 2.45) is 0 Å². The van der Waals surface area contributed by atoms with Crippen LogP contribution in [0.1, 0.15) is 64.0 Å². The summed E-state index contributed by atoms with van der Waals surface area (Å²) in [4.78, 5) is 0. The van der Waals surface area contributed by atoms with Gasteiger partial charge >= 0.3 is 0 Å². The molecule has 1 atom stereocenters. The number of benzene rings is 1. The number of hydrogen-bond acceptors (Lipinski definition) is 2. The molecule has 0 aliphatic carbocycles. The molecule has 0 bridgehead atoms. The van der Waals surface area contributed by atoms with Crippen molar-refractivity contribution in [3.63, 3.8) is 0 Å². The van der Waals surface area contributed by atoms with Crippen LogP contribution in [0.2, 0.25) is 0 Å². The summed E-state index contributed by atoms with van der Waals surface area (Å²) in [5, 5.41) is 3.35. The van der Waals surface area contributed by atoms with Crippen molar-refractivity contribution in [3.05, 3.63) is 29.8 Å². The van der Waals surface area contributed by atoms with Crippen LogP contribution in [0.3, 0.4) is 0 Å². The molecule has 0 aromatic heterocycles. The van der Waals surface area contributed by atoms with E-state index in [1.807, 2.05) is 7.05 Å². The minimum atomic E-state index is 0.385. The van der Waals surface area contributed by atoms with Crippen molar-refractivity contribution in [1.82, 2.24) is 5.32 Å². The van der Waals surface area contributed by atoms with Gasteiger partial charge in [-0.25, -0.2) is 0 Å². The summed E-state index contributed by atoms with van der Waals surface area (Å²) < 4.78 is 5.96. The van der Waals surface area contributed by atoms with Crippen molar-refractivity contribution in [2.45, 2.75) is 58.4 Å². The van der Waals surface area contributed by atoms with Gasteiger partial charge in [0.15, 0.2) is 0 Å². The molecule has 1 rings (SSSR count). The SMILES string of the molecule is CCCCCCCOc1ccccc1C(CC)NC. The van der Waals surface area contributed by atoms with Gasteiger partial charge in [0.05, 0.1) is 6.61 Å². The summed E-state index contributed by atoms with van der Waals surface area (Å²) in [6.07, 6.45) is 7.48. The molecule has 0 saturated heterocycles. The molecule has 0 aliphatic rings. The third-order valence-corrected chi connectivity index (χ3v) is 3.56. The van der Waals surface area contributed by atoms with Crippen molar-refractivity contribution in [3.8, 4) is 5.75 Å². The lowest BCUT2D eigenvalue weighted by Crippen LogP contribution is -2.16. The first-order valence-electron chi connectivity index (χ1n) is 7.72. The van der Waals surface area contributed by atoms with E-state index in [1.54, 1.807) is 0 Å². The average Bonchev–Trinajstić information content (AvgIpc) is 2.45. The van der Waals surface area contributed by atoms with E-state index in [2.05, 4.69) is 43.4 Å². The maximum atomic E-state index is 5.96. The van der Waals surface area contributed by atoms with Crippen LogP contribution >= 0.6 is 0 Å². The molecule has 0 heterocycles. The lowest BCUT2D eigenvalue weighted by atomic mass is 10.0. The van der Waals surface area contributed by atoms with Crippen molar-refractivity contribution in [1.29, 1.82) is 0 Å². The summed E-state index contributed by atoms with van der Waals surface area (Å²) in [5.74, 6) is 1.04. The number of hydrogen-bond donors (Lipinski definition) is 1. The minimum Gasteiger partial charge on any atom is -0.493 e. The van der Waals surface area contributed by atoms with Crippen molar-refractivity contribution in [2.75, 3.05) is 13.7 Å².